The van der Waals surface area contributed by atoms with Crippen LogP contribution in [0, 0.1) is 11.6 Å². The molecule has 1 N–H and O–H groups in total. The number of benzene rings is 1. The van der Waals surface area contributed by atoms with E-state index in [0.29, 0.717) is 0 Å². The Kier molecular flexibility index (Phi) is 4.32. The topological polar surface area (TPSA) is 29.1 Å². The van der Waals surface area contributed by atoms with Crippen molar-refractivity contribution in [1.82, 2.24) is 5.32 Å². The second-order valence-corrected chi connectivity index (χ2v) is 5.65. The van der Waals surface area contributed by atoms with Crippen LogP contribution < -0.4 is 5.32 Å². The Morgan fingerprint density at radius 2 is 1.83 bits per heavy atom. The highest BCUT2D eigenvalue weighted by Gasteiger charge is 2.26. The van der Waals surface area contributed by atoms with Crippen LogP contribution in [0.25, 0.3) is 0 Å². The van der Waals surface area contributed by atoms with Gasteiger partial charge in [-0.15, -0.1) is 0 Å². The van der Waals surface area contributed by atoms with Gasteiger partial charge < -0.3 is 5.32 Å². The fourth-order valence-electron chi connectivity index (χ4n) is 2.20. The van der Waals surface area contributed by atoms with E-state index in [1.54, 1.807) is 0 Å². The summed E-state index contributed by atoms with van der Waals surface area (Å²) in [6.07, 6.45) is 3.92. The van der Waals surface area contributed by atoms with Gasteiger partial charge in [-0.25, -0.2) is 8.78 Å². The van der Waals surface area contributed by atoms with E-state index >= 15 is 0 Å². The Labute approximate surface area is 113 Å². The molecular formula is C13H14BrF2NO. The SMILES string of the molecule is O=C(NC1CCCCC1Br)c1c(F)cccc1F. The highest BCUT2D eigenvalue weighted by Crippen LogP contribution is 2.25. The average Bonchev–Trinajstić information content (AvgIpc) is 2.32. The molecule has 2 atom stereocenters. The molecule has 0 aliphatic heterocycles. The molecular weight excluding hydrogens is 304 g/mol. The number of rotatable bonds is 2. The molecule has 0 heterocycles. The summed E-state index contributed by atoms with van der Waals surface area (Å²) in [5.41, 5.74) is -0.497. The van der Waals surface area contributed by atoms with Gasteiger partial charge in [0.2, 0.25) is 0 Å². The predicted octanol–water partition coefficient (Wildman–Crippen LogP) is 3.40. The molecule has 0 radical (unpaired) electrons. The fraction of sp³-hybridized carbons (Fsp3) is 0.462. The molecule has 0 saturated heterocycles. The predicted molar refractivity (Wildman–Crippen MR) is 68.8 cm³/mol. The lowest BCUT2D eigenvalue weighted by Crippen LogP contribution is -2.43. The third kappa shape index (κ3) is 2.88. The Morgan fingerprint density at radius 3 is 2.44 bits per heavy atom. The van der Waals surface area contributed by atoms with Crippen LogP contribution in [-0.4, -0.2) is 16.8 Å². The number of nitrogens with one attached hydrogen (secondary N) is 1. The summed E-state index contributed by atoms with van der Waals surface area (Å²) >= 11 is 3.49. The Bertz CT molecular complexity index is 432. The average molecular weight is 318 g/mol. The molecule has 0 aromatic heterocycles. The van der Waals surface area contributed by atoms with Crippen molar-refractivity contribution in [2.24, 2.45) is 0 Å². The maximum atomic E-state index is 13.4. The summed E-state index contributed by atoms with van der Waals surface area (Å²) in [6, 6.07) is 3.36. The van der Waals surface area contributed by atoms with Crippen LogP contribution in [0.3, 0.4) is 0 Å². The summed E-state index contributed by atoms with van der Waals surface area (Å²) in [5.74, 6) is -2.33. The van der Waals surface area contributed by atoms with E-state index in [2.05, 4.69) is 21.2 Å². The molecule has 98 valence electrons. The van der Waals surface area contributed by atoms with Gasteiger partial charge in [-0.3, -0.25) is 4.79 Å². The van der Waals surface area contributed by atoms with Crippen LogP contribution in [0.15, 0.2) is 18.2 Å². The zero-order valence-electron chi connectivity index (χ0n) is 9.76. The first-order valence-corrected chi connectivity index (χ1v) is 6.90. The molecule has 1 aliphatic carbocycles. The van der Waals surface area contributed by atoms with Gasteiger partial charge in [0.05, 0.1) is 0 Å². The van der Waals surface area contributed by atoms with Crippen molar-refractivity contribution in [1.29, 1.82) is 0 Å². The molecule has 1 aromatic carbocycles. The lowest BCUT2D eigenvalue weighted by atomic mass is 9.95. The van der Waals surface area contributed by atoms with Gasteiger partial charge in [0.15, 0.2) is 0 Å². The first-order chi connectivity index (χ1) is 8.59. The first kappa shape index (κ1) is 13.5. The van der Waals surface area contributed by atoms with Crippen LogP contribution >= 0.6 is 15.9 Å². The van der Waals surface area contributed by atoms with Gasteiger partial charge in [-0.05, 0) is 25.0 Å². The van der Waals surface area contributed by atoms with Gasteiger partial charge >= 0.3 is 0 Å². The lowest BCUT2D eigenvalue weighted by Gasteiger charge is -2.28. The molecule has 0 spiro atoms. The Balaban J connectivity index is 2.12. The highest BCUT2D eigenvalue weighted by atomic mass is 79.9. The van der Waals surface area contributed by atoms with Gasteiger partial charge in [-0.1, -0.05) is 34.8 Å². The van der Waals surface area contributed by atoms with Gasteiger partial charge in [0.1, 0.15) is 17.2 Å². The highest BCUT2D eigenvalue weighted by molar-refractivity contribution is 9.09. The van der Waals surface area contributed by atoms with Crippen LogP contribution in [0.4, 0.5) is 8.78 Å². The molecule has 2 rings (SSSR count). The maximum absolute atomic E-state index is 13.4. The summed E-state index contributed by atoms with van der Waals surface area (Å²) in [5, 5.41) is 2.70. The van der Waals surface area contributed by atoms with E-state index in [1.807, 2.05) is 0 Å². The number of carbonyl (C=O) groups excluding carboxylic acids is 1. The van der Waals surface area contributed by atoms with Gasteiger partial charge in [0.25, 0.3) is 5.91 Å². The third-order valence-electron chi connectivity index (χ3n) is 3.19. The normalized spacial score (nSPS) is 23.7. The quantitative estimate of drug-likeness (QED) is 0.832. The van der Waals surface area contributed by atoms with E-state index in [9.17, 15) is 13.6 Å². The number of hydrogen-bond acceptors (Lipinski definition) is 1. The molecule has 1 aromatic rings. The van der Waals surface area contributed by atoms with E-state index < -0.39 is 23.1 Å². The lowest BCUT2D eigenvalue weighted by molar-refractivity contribution is 0.0921. The van der Waals surface area contributed by atoms with E-state index in [-0.39, 0.29) is 10.9 Å². The van der Waals surface area contributed by atoms with Crippen molar-refractivity contribution in [2.45, 2.75) is 36.6 Å². The summed E-state index contributed by atoms with van der Waals surface area (Å²) in [6.45, 7) is 0. The Hall–Kier alpha value is -0.970. The molecule has 5 heteroatoms. The summed E-state index contributed by atoms with van der Waals surface area (Å²) < 4.78 is 26.9. The second-order valence-electron chi connectivity index (χ2n) is 4.48. The molecule has 1 saturated carbocycles. The minimum atomic E-state index is -0.825. The number of halogens is 3. The fourth-order valence-corrected chi connectivity index (χ4v) is 2.92. The van der Waals surface area contributed by atoms with Crippen LogP contribution in [0.2, 0.25) is 0 Å². The molecule has 1 fully saturated rings. The number of alkyl halides is 1. The van der Waals surface area contributed by atoms with Crippen molar-refractivity contribution in [3.8, 4) is 0 Å². The molecule has 2 unspecified atom stereocenters. The minimum absolute atomic E-state index is 0.0646. The molecule has 0 bridgehead atoms. The number of carbonyl (C=O) groups is 1. The molecule has 1 amide bonds. The second kappa shape index (κ2) is 5.78. The van der Waals surface area contributed by atoms with Crippen molar-refractivity contribution >= 4 is 21.8 Å². The van der Waals surface area contributed by atoms with E-state index in [1.165, 1.54) is 6.07 Å². The molecule has 18 heavy (non-hydrogen) atoms. The third-order valence-corrected chi connectivity index (χ3v) is 4.28. The summed E-state index contributed by atoms with van der Waals surface area (Å²) in [4.78, 5) is 12.1. The standard InChI is InChI=1S/C13H14BrF2NO/c14-8-4-1-2-7-11(8)17-13(18)12-9(15)5-3-6-10(12)16/h3,5-6,8,11H,1-2,4,7H2,(H,17,18). The monoisotopic (exact) mass is 317 g/mol. The molecule has 2 nitrogen and oxygen atoms in total. The summed E-state index contributed by atoms with van der Waals surface area (Å²) in [7, 11) is 0. The Morgan fingerprint density at radius 1 is 1.22 bits per heavy atom. The minimum Gasteiger partial charge on any atom is -0.348 e. The zero-order valence-corrected chi connectivity index (χ0v) is 11.3. The van der Waals surface area contributed by atoms with Crippen molar-refractivity contribution < 1.29 is 13.6 Å². The van der Waals surface area contributed by atoms with Crippen LogP contribution in [0.1, 0.15) is 36.0 Å². The van der Waals surface area contributed by atoms with E-state index in [4.69, 9.17) is 0 Å². The first-order valence-electron chi connectivity index (χ1n) is 5.98. The molecule has 1 aliphatic rings. The van der Waals surface area contributed by atoms with Crippen molar-refractivity contribution in [3.05, 3.63) is 35.4 Å². The van der Waals surface area contributed by atoms with Gasteiger partial charge in [-0.2, -0.15) is 0 Å². The maximum Gasteiger partial charge on any atom is 0.257 e. The van der Waals surface area contributed by atoms with Crippen molar-refractivity contribution in [3.63, 3.8) is 0 Å². The van der Waals surface area contributed by atoms with E-state index in [0.717, 1.165) is 37.8 Å². The number of amides is 1. The van der Waals surface area contributed by atoms with Gasteiger partial charge in [0, 0.05) is 10.9 Å². The van der Waals surface area contributed by atoms with Crippen molar-refractivity contribution in [2.75, 3.05) is 0 Å². The zero-order chi connectivity index (χ0) is 13.1. The van der Waals surface area contributed by atoms with Crippen LogP contribution in [0.5, 0.6) is 0 Å². The largest absolute Gasteiger partial charge is 0.348 e. The smallest absolute Gasteiger partial charge is 0.257 e. The van der Waals surface area contributed by atoms with Crippen LogP contribution in [-0.2, 0) is 0 Å². The number of hydrogen-bond donors (Lipinski definition) is 1.